The van der Waals surface area contributed by atoms with Gasteiger partial charge < -0.3 is 14.8 Å². The molecule has 4 nitrogen and oxygen atoms in total. The highest BCUT2D eigenvalue weighted by Gasteiger charge is 2.42. The number of amides is 1. The van der Waals surface area contributed by atoms with Crippen LogP contribution in [-0.4, -0.2) is 22.3 Å². The summed E-state index contributed by atoms with van der Waals surface area (Å²) in [5, 5.41) is 1.27. The molecular weight excluding hydrogens is 358 g/mol. The summed E-state index contributed by atoms with van der Waals surface area (Å²) in [5.74, 6) is 0.124. The molecular formula is C25H21N3O. The number of benzene rings is 3. The lowest BCUT2D eigenvalue weighted by atomic mass is 9.95. The van der Waals surface area contributed by atoms with Crippen molar-refractivity contribution in [1.29, 1.82) is 0 Å². The third-order valence-electron chi connectivity index (χ3n) is 6.20. The predicted molar refractivity (Wildman–Crippen MR) is 115 cm³/mol. The molecule has 1 aromatic heterocycles. The molecule has 3 aromatic carbocycles. The van der Waals surface area contributed by atoms with Crippen LogP contribution in [0, 0.1) is 0 Å². The fourth-order valence-electron chi connectivity index (χ4n) is 4.90. The maximum atomic E-state index is 13.4. The molecule has 0 bridgehead atoms. The van der Waals surface area contributed by atoms with Crippen molar-refractivity contribution >= 4 is 22.5 Å². The van der Waals surface area contributed by atoms with Gasteiger partial charge in [0.25, 0.3) is 5.91 Å². The Kier molecular flexibility index (Phi) is 3.54. The Hall–Kier alpha value is -3.53. The number of anilines is 1. The van der Waals surface area contributed by atoms with Crippen molar-refractivity contribution in [2.24, 2.45) is 0 Å². The highest BCUT2D eigenvalue weighted by molar-refractivity contribution is 6.02. The smallest absolute Gasteiger partial charge is 0.257 e. The van der Waals surface area contributed by atoms with Gasteiger partial charge in [0, 0.05) is 24.0 Å². The number of nitrogens with zero attached hydrogens (tertiary/aromatic N) is 2. The van der Waals surface area contributed by atoms with Crippen molar-refractivity contribution in [3.8, 4) is 0 Å². The molecule has 1 atom stereocenters. The Morgan fingerprint density at radius 1 is 0.897 bits per heavy atom. The number of hydrogen-bond donors (Lipinski definition) is 1. The zero-order chi connectivity index (χ0) is 19.4. The Balaban J connectivity index is 1.56. The van der Waals surface area contributed by atoms with Gasteiger partial charge >= 0.3 is 0 Å². The minimum Gasteiger partial charge on any atom is -0.355 e. The average Bonchev–Trinajstić information content (AvgIpc) is 3.16. The molecule has 0 saturated heterocycles. The van der Waals surface area contributed by atoms with Gasteiger partial charge in [0.1, 0.15) is 6.17 Å². The second-order valence-corrected chi connectivity index (χ2v) is 7.82. The summed E-state index contributed by atoms with van der Waals surface area (Å²) in [6, 6.07) is 26.9. The summed E-state index contributed by atoms with van der Waals surface area (Å²) >= 11 is 0. The fourth-order valence-corrected chi connectivity index (χ4v) is 4.90. The van der Waals surface area contributed by atoms with Crippen molar-refractivity contribution < 1.29 is 4.79 Å². The van der Waals surface area contributed by atoms with E-state index in [9.17, 15) is 4.79 Å². The van der Waals surface area contributed by atoms with Crippen LogP contribution in [0.25, 0.3) is 10.9 Å². The standard InChI is InChI=1S/C25H21N3O/c29-25-20-11-5-7-13-22(20)28(16-17-8-2-1-3-9-17)24-23-19(14-15-27(24)25)18-10-4-6-12-21(18)26-23/h1-13,24,26H,14-16H2. The maximum absolute atomic E-state index is 13.4. The number of carbonyl (C=O) groups excluding carboxylic acids is 1. The van der Waals surface area contributed by atoms with E-state index >= 15 is 0 Å². The molecule has 1 N–H and O–H groups in total. The molecule has 1 unspecified atom stereocenters. The van der Waals surface area contributed by atoms with Gasteiger partial charge in [-0.2, -0.15) is 0 Å². The third-order valence-corrected chi connectivity index (χ3v) is 6.20. The van der Waals surface area contributed by atoms with Gasteiger partial charge in [-0.15, -0.1) is 0 Å². The van der Waals surface area contributed by atoms with Crippen LogP contribution in [0.4, 0.5) is 5.69 Å². The number of para-hydroxylation sites is 2. The number of fused-ring (bicyclic) bond motifs is 6. The second kappa shape index (κ2) is 6.24. The van der Waals surface area contributed by atoms with Gasteiger partial charge in [0.15, 0.2) is 0 Å². The quantitative estimate of drug-likeness (QED) is 0.539. The normalized spacial score (nSPS) is 17.8. The fraction of sp³-hybridized carbons (Fsp3) is 0.160. The van der Waals surface area contributed by atoms with E-state index in [0.717, 1.165) is 42.0 Å². The highest BCUT2D eigenvalue weighted by Crippen LogP contribution is 2.44. The molecule has 4 heteroatoms. The van der Waals surface area contributed by atoms with E-state index in [1.165, 1.54) is 16.5 Å². The van der Waals surface area contributed by atoms with Crippen LogP contribution < -0.4 is 4.90 Å². The van der Waals surface area contributed by atoms with E-state index in [-0.39, 0.29) is 12.1 Å². The predicted octanol–water partition coefficient (Wildman–Crippen LogP) is 4.89. The molecule has 4 aromatic rings. The monoisotopic (exact) mass is 379 g/mol. The number of hydrogen-bond acceptors (Lipinski definition) is 2. The molecule has 2 aliphatic rings. The van der Waals surface area contributed by atoms with Crippen LogP contribution in [0.5, 0.6) is 0 Å². The van der Waals surface area contributed by atoms with E-state index in [0.29, 0.717) is 0 Å². The van der Waals surface area contributed by atoms with Gasteiger partial charge in [-0.05, 0) is 35.7 Å². The largest absolute Gasteiger partial charge is 0.355 e. The molecule has 142 valence electrons. The van der Waals surface area contributed by atoms with Gasteiger partial charge in [-0.1, -0.05) is 60.7 Å². The lowest BCUT2D eigenvalue weighted by Crippen LogP contribution is -2.52. The highest BCUT2D eigenvalue weighted by atomic mass is 16.2. The summed E-state index contributed by atoms with van der Waals surface area (Å²) in [7, 11) is 0. The van der Waals surface area contributed by atoms with Gasteiger partial charge in [0.2, 0.25) is 0 Å². The van der Waals surface area contributed by atoms with Crippen molar-refractivity contribution in [3.63, 3.8) is 0 Å². The van der Waals surface area contributed by atoms with E-state index in [1.807, 2.05) is 29.2 Å². The van der Waals surface area contributed by atoms with Crippen molar-refractivity contribution in [3.05, 3.63) is 101 Å². The number of aromatic nitrogens is 1. The molecule has 29 heavy (non-hydrogen) atoms. The Morgan fingerprint density at radius 3 is 2.55 bits per heavy atom. The summed E-state index contributed by atoms with van der Waals surface area (Å²) in [4.78, 5) is 21.4. The lowest BCUT2D eigenvalue weighted by Gasteiger charge is -2.47. The minimum atomic E-state index is -0.117. The summed E-state index contributed by atoms with van der Waals surface area (Å²) in [6.45, 7) is 1.49. The summed E-state index contributed by atoms with van der Waals surface area (Å²) in [5.41, 5.74) is 6.67. The molecule has 0 spiro atoms. The van der Waals surface area contributed by atoms with Crippen molar-refractivity contribution in [1.82, 2.24) is 9.88 Å². The Labute approximate surface area is 169 Å². The van der Waals surface area contributed by atoms with Gasteiger partial charge in [-0.25, -0.2) is 0 Å². The molecule has 6 rings (SSSR count). The van der Waals surface area contributed by atoms with E-state index < -0.39 is 0 Å². The van der Waals surface area contributed by atoms with Crippen LogP contribution in [-0.2, 0) is 13.0 Å². The van der Waals surface area contributed by atoms with Gasteiger partial charge in [-0.3, -0.25) is 4.79 Å². The first kappa shape index (κ1) is 16.4. The van der Waals surface area contributed by atoms with Gasteiger partial charge in [0.05, 0.1) is 16.9 Å². The van der Waals surface area contributed by atoms with Crippen molar-refractivity contribution in [2.75, 3.05) is 11.4 Å². The number of rotatable bonds is 2. The third kappa shape index (κ3) is 2.42. The summed E-state index contributed by atoms with van der Waals surface area (Å²) < 4.78 is 0. The molecule has 0 aliphatic carbocycles. The Bertz CT molecular complexity index is 1230. The van der Waals surface area contributed by atoms with Crippen molar-refractivity contribution in [2.45, 2.75) is 19.1 Å². The first-order valence-electron chi connectivity index (χ1n) is 10.1. The molecule has 3 heterocycles. The lowest BCUT2D eigenvalue weighted by molar-refractivity contribution is 0.0625. The van der Waals surface area contributed by atoms with Crippen LogP contribution in [0.3, 0.4) is 0 Å². The van der Waals surface area contributed by atoms with Crippen LogP contribution >= 0.6 is 0 Å². The van der Waals surface area contributed by atoms with Crippen LogP contribution in [0.2, 0.25) is 0 Å². The zero-order valence-electron chi connectivity index (χ0n) is 16.0. The zero-order valence-corrected chi connectivity index (χ0v) is 16.0. The topological polar surface area (TPSA) is 39.3 Å². The first-order chi connectivity index (χ1) is 14.3. The number of carbonyl (C=O) groups is 1. The Morgan fingerprint density at radius 2 is 1.66 bits per heavy atom. The minimum absolute atomic E-state index is 0.117. The average molecular weight is 379 g/mol. The molecule has 1 amide bonds. The number of nitrogens with one attached hydrogen (secondary N) is 1. The van der Waals surface area contributed by atoms with E-state index in [1.54, 1.807) is 0 Å². The van der Waals surface area contributed by atoms with Crippen LogP contribution in [0.1, 0.15) is 33.3 Å². The first-order valence-corrected chi connectivity index (χ1v) is 10.1. The number of H-pyrrole nitrogens is 1. The van der Waals surface area contributed by atoms with Crippen LogP contribution in [0.15, 0.2) is 78.9 Å². The molecule has 0 fully saturated rings. The van der Waals surface area contributed by atoms with E-state index in [4.69, 9.17) is 0 Å². The summed E-state index contributed by atoms with van der Waals surface area (Å²) in [6.07, 6.45) is 0.761. The molecule has 0 radical (unpaired) electrons. The maximum Gasteiger partial charge on any atom is 0.257 e. The SMILES string of the molecule is O=C1c2ccccc2N(Cc2ccccc2)C2c3[nH]c4ccccc4c3CCN12. The molecule has 0 saturated carbocycles. The van der Waals surface area contributed by atoms with E-state index in [2.05, 4.69) is 64.5 Å². The molecule has 2 aliphatic heterocycles. The number of aromatic amines is 1. The second-order valence-electron chi connectivity index (χ2n) is 7.82.